The van der Waals surface area contributed by atoms with Crippen molar-refractivity contribution in [1.29, 1.82) is 0 Å². The van der Waals surface area contributed by atoms with Gasteiger partial charge in [0, 0.05) is 6.54 Å². The summed E-state index contributed by atoms with van der Waals surface area (Å²) in [5.74, 6) is 0.218. The highest BCUT2D eigenvalue weighted by Crippen LogP contribution is 2.29. The van der Waals surface area contributed by atoms with E-state index in [-0.39, 0.29) is 24.8 Å². The summed E-state index contributed by atoms with van der Waals surface area (Å²) in [6.45, 7) is 0.749. The highest BCUT2D eigenvalue weighted by molar-refractivity contribution is 5.85. The predicted octanol–water partition coefficient (Wildman–Crippen LogP) is 4.10. The Morgan fingerprint density at radius 2 is 1.48 bits per heavy atom. The standard InChI is InChI=1S/C16H16F3NO2.ClH/c17-16(18,19)14-5-1-13(2-6-14)11-22-20-10-9-12-3-7-15(21)8-4-12;/h1-8,20-21H,9-11H2;1H. The SMILES string of the molecule is Cl.Oc1ccc(CCNOCc2ccc(C(F)(F)F)cc2)cc1. The van der Waals surface area contributed by atoms with E-state index < -0.39 is 11.7 Å². The fourth-order valence-corrected chi connectivity index (χ4v) is 1.85. The third-order valence-electron chi connectivity index (χ3n) is 3.07. The summed E-state index contributed by atoms with van der Waals surface area (Å²) in [6, 6.07) is 11.7. The zero-order chi connectivity index (χ0) is 16.0. The first-order valence-corrected chi connectivity index (χ1v) is 6.74. The molecule has 0 amide bonds. The molecule has 7 heteroatoms. The number of hydrogen-bond acceptors (Lipinski definition) is 3. The van der Waals surface area contributed by atoms with E-state index in [1.807, 2.05) is 12.1 Å². The molecule has 0 saturated carbocycles. The molecule has 126 valence electrons. The van der Waals surface area contributed by atoms with Gasteiger partial charge in [-0.25, -0.2) is 5.48 Å². The summed E-state index contributed by atoms with van der Waals surface area (Å²) < 4.78 is 37.2. The lowest BCUT2D eigenvalue weighted by Crippen LogP contribution is -2.17. The van der Waals surface area contributed by atoms with Crippen molar-refractivity contribution in [2.45, 2.75) is 19.2 Å². The van der Waals surface area contributed by atoms with Crippen LogP contribution in [0.15, 0.2) is 48.5 Å². The number of hydroxylamine groups is 1. The van der Waals surface area contributed by atoms with Crippen LogP contribution >= 0.6 is 12.4 Å². The molecule has 2 N–H and O–H groups in total. The molecule has 0 saturated heterocycles. The van der Waals surface area contributed by atoms with Crippen LogP contribution in [0.5, 0.6) is 5.75 Å². The molecule has 2 aromatic carbocycles. The number of halogens is 4. The molecule has 0 unspecified atom stereocenters. The summed E-state index contributed by atoms with van der Waals surface area (Å²) in [5, 5.41) is 9.15. The lowest BCUT2D eigenvalue weighted by atomic mass is 10.1. The van der Waals surface area contributed by atoms with Crippen molar-refractivity contribution in [3.8, 4) is 5.75 Å². The van der Waals surface area contributed by atoms with E-state index in [2.05, 4.69) is 5.48 Å². The van der Waals surface area contributed by atoms with Crippen LogP contribution in [0.3, 0.4) is 0 Å². The first-order chi connectivity index (χ1) is 10.4. The topological polar surface area (TPSA) is 41.5 Å². The van der Waals surface area contributed by atoms with E-state index in [4.69, 9.17) is 9.94 Å². The molecule has 0 atom stereocenters. The highest BCUT2D eigenvalue weighted by atomic mass is 35.5. The number of hydrogen-bond donors (Lipinski definition) is 2. The first-order valence-electron chi connectivity index (χ1n) is 6.74. The van der Waals surface area contributed by atoms with Crippen LogP contribution in [0.2, 0.25) is 0 Å². The molecule has 2 rings (SSSR count). The van der Waals surface area contributed by atoms with Crippen LogP contribution < -0.4 is 5.48 Å². The lowest BCUT2D eigenvalue weighted by Gasteiger charge is -2.09. The van der Waals surface area contributed by atoms with Crippen LogP contribution in [0.25, 0.3) is 0 Å². The van der Waals surface area contributed by atoms with Gasteiger partial charge >= 0.3 is 6.18 Å². The number of nitrogens with one attached hydrogen (secondary N) is 1. The van der Waals surface area contributed by atoms with E-state index in [1.54, 1.807) is 12.1 Å². The number of aromatic hydroxyl groups is 1. The van der Waals surface area contributed by atoms with Gasteiger partial charge < -0.3 is 5.11 Å². The Balaban J connectivity index is 0.00000264. The summed E-state index contributed by atoms with van der Waals surface area (Å²) >= 11 is 0. The summed E-state index contributed by atoms with van der Waals surface area (Å²) in [5.41, 5.74) is 3.79. The number of benzene rings is 2. The van der Waals surface area contributed by atoms with Gasteiger partial charge in [-0.3, -0.25) is 4.84 Å². The van der Waals surface area contributed by atoms with Crippen molar-refractivity contribution in [3.63, 3.8) is 0 Å². The molecule has 0 aliphatic rings. The van der Waals surface area contributed by atoms with E-state index in [1.165, 1.54) is 12.1 Å². The first kappa shape index (κ1) is 19.3. The van der Waals surface area contributed by atoms with Gasteiger partial charge in [-0.15, -0.1) is 12.4 Å². The summed E-state index contributed by atoms with van der Waals surface area (Å²) in [4.78, 5) is 5.21. The van der Waals surface area contributed by atoms with Gasteiger partial charge in [0.05, 0.1) is 12.2 Å². The van der Waals surface area contributed by atoms with E-state index in [0.717, 1.165) is 17.7 Å². The molecule has 0 fully saturated rings. The number of rotatable bonds is 6. The van der Waals surface area contributed by atoms with Crippen molar-refractivity contribution >= 4 is 12.4 Å². The van der Waals surface area contributed by atoms with Crippen LogP contribution in [-0.4, -0.2) is 11.7 Å². The molecule has 3 nitrogen and oxygen atoms in total. The Labute approximate surface area is 138 Å². The molecule has 23 heavy (non-hydrogen) atoms. The van der Waals surface area contributed by atoms with Gasteiger partial charge in [0.2, 0.25) is 0 Å². The minimum atomic E-state index is -4.32. The number of phenolic OH excluding ortho intramolecular Hbond substituents is 1. The number of alkyl halides is 3. The summed E-state index contributed by atoms with van der Waals surface area (Å²) in [6.07, 6.45) is -3.60. The lowest BCUT2D eigenvalue weighted by molar-refractivity contribution is -0.137. The second kappa shape index (κ2) is 8.76. The van der Waals surface area contributed by atoms with E-state index >= 15 is 0 Å². The fourth-order valence-electron chi connectivity index (χ4n) is 1.85. The number of phenols is 1. The Kier molecular flexibility index (Phi) is 7.35. The maximum absolute atomic E-state index is 12.4. The Bertz CT molecular complexity index is 586. The van der Waals surface area contributed by atoms with Crippen LogP contribution in [-0.2, 0) is 24.0 Å². The third kappa shape index (κ3) is 6.48. The van der Waals surface area contributed by atoms with Crippen molar-refractivity contribution in [1.82, 2.24) is 5.48 Å². The summed E-state index contributed by atoms with van der Waals surface area (Å²) in [7, 11) is 0. The van der Waals surface area contributed by atoms with E-state index in [9.17, 15) is 13.2 Å². The normalized spacial score (nSPS) is 11.1. The molecule has 0 radical (unpaired) electrons. The Morgan fingerprint density at radius 3 is 2.04 bits per heavy atom. The average Bonchev–Trinajstić information content (AvgIpc) is 2.48. The maximum Gasteiger partial charge on any atom is 0.416 e. The zero-order valence-corrected chi connectivity index (χ0v) is 13.0. The second-order valence-electron chi connectivity index (χ2n) is 4.79. The van der Waals surface area contributed by atoms with Crippen molar-refractivity contribution in [2.75, 3.05) is 6.54 Å². The van der Waals surface area contributed by atoms with Gasteiger partial charge in [-0.2, -0.15) is 13.2 Å². The Hall–Kier alpha value is -1.76. The van der Waals surface area contributed by atoms with Gasteiger partial charge in [0.15, 0.2) is 0 Å². The molecule has 0 heterocycles. The second-order valence-corrected chi connectivity index (χ2v) is 4.79. The Morgan fingerprint density at radius 1 is 0.913 bits per heavy atom. The van der Waals surface area contributed by atoms with Gasteiger partial charge in [-0.05, 0) is 41.8 Å². The van der Waals surface area contributed by atoms with Crippen molar-refractivity contribution in [2.24, 2.45) is 0 Å². The molecule has 0 bridgehead atoms. The van der Waals surface area contributed by atoms with Gasteiger partial charge in [0.1, 0.15) is 5.75 Å². The average molecular weight is 348 g/mol. The quantitative estimate of drug-likeness (QED) is 0.610. The van der Waals surface area contributed by atoms with E-state index in [0.29, 0.717) is 18.5 Å². The molecule has 0 aromatic heterocycles. The molecule has 2 aromatic rings. The van der Waals surface area contributed by atoms with Crippen molar-refractivity contribution < 1.29 is 23.1 Å². The monoisotopic (exact) mass is 347 g/mol. The minimum Gasteiger partial charge on any atom is -0.508 e. The smallest absolute Gasteiger partial charge is 0.416 e. The highest BCUT2D eigenvalue weighted by Gasteiger charge is 2.29. The molecular formula is C16H17ClF3NO2. The molecule has 0 aliphatic heterocycles. The third-order valence-corrected chi connectivity index (χ3v) is 3.07. The largest absolute Gasteiger partial charge is 0.508 e. The molecule has 0 spiro atoms. The van der Waals surface area contributed by atoms with Crippen LogP contribution in [0.1, 0.15) is 16.7 Å². The maximum atomic E-state index is 12.4. The van der Waals surface area contributed by atoms with Gasteiger partial charge in [0.25, 0.3) is 0 Å². The van der Waals surface area contributed by atoms with Gasteiger partial charge in [-0.1, -0.05) is 24.3 Å². The zero-order valence-electron chi connectivity index (χ0n) is 12.1. The minimum absolute atomic E-state index is 0. The molecule has 0 aliphatic carbocycles. The van der Waals surface area contributed by atoms with Crippen LogP contribution in [0, 0.1) is 0 Å². The molecular weight excluding hydrogens is 331 g/mol. The van der Waals surface area contributed by atoms with Crippen molar-refractivity contribution in [3.05, 3.63) is 65.2 Å². The van der Waals surface area contributed by atoms with Crippen LogP contribution in [0.4, 0.5) is 13.2 Å². The fraction of sp³-hybridized carbons (Fsp3) is 0.250. The predicted molar refractivity (Wildman–Crippen MR) is 83.3 cm³/mol.